The standard InChI is InChI=1S/C10H16N2O/c1-4-10(13)9-6-5-8(7-11-9)12(2)3/h5-7,10,13H,4H2,1-3H3. The summed E-state index contributed by atoms with van der Waals surface area (Å²) in [6.45, 7) is 1.94. The second-order valence-electron chi connectivity index (χ2n) is 3.26. The summed E-state index contributed by atoms with van der Waals surface area (Å²) < 4.78 is 0. The molecule has 0 fully saturated rings. The van der Waals surface area contributed by atoms with Crippen molar-refractivity contribution in [2.45, 2.75) is 19.4 Å². The first-order chi connectivity index (χ1) is 6.15. The van der Waals surface area contributed by atoms with Gasteiger partial charge in [0.1, 0.15) is 0 Å². The highest BCUT2D eigenvalue weighted by Gasteiger charge is 2.05. The minimum absolute atomic E-state index is 0.434. The van der Waals surface area contributed by atoms with E-state index in [1.807, 2.05) is 38.1 Å². The summed E-state index contributed by atoms with van der Waals surface area (Å²) in [5, 5.41) is 9.48. The van der Waals surface area contributed by atoms with E-state index in [1.165, 1.54) is 0 Å². The Balaban J connectivity index is 2.81. The highest BCUT2D eigenvalue weighted by atomic mass is 16.3. The van der Waals surface area contributed by atoms with E-state index in [2.05, 4.69) is 4.98 Å². The number of aliphatic hydroxyl groups excluding tert-OH is 1. The van der Waals surface area contributed by atoms with Gasteiger partial charge in [0.2, 0.25) is 0 Å². The number of aromatic nitrogens is 1. The zero-order chi connectivity index (χ0) is 9.84. The summed E-state index contributed by atoms with van der Waals surface area (Å²) >= 11 is 0. The minimum Gasteiger partial charge on any atom is -0.387 e. The van der Waals surface area contributed by atoms with Crippen molar-refractivity contribution in [1.29, 1.82) is 0 Å². The van der Waals surface area contributed by atoms with Gasteiger partial charge >= 0.3 is 0 Å². The molecule has 1 aromatic heterocycles. The first kappa shape index (κ1) is 9.99. The third kappa shape index (κ3) is 2.42. The van der Waals surface area contributed by atoms with Gasteiger partial charge in [-0.2, -0.15) is 0 Å². The normalized spacial score (nSPS) is 12.6. The fraction of sp³-hybridized carbons (Fsp3) is 0.500. The van der Waals surface area contributed by atoms with Crippen LogP contribution >= 0.6 is 0 Å². The lowest BCUT2D eigenvalue weighted by Gasteiger charge is -2.13. The molecular formula is C10H16N2O. The van der Waals surface area contributed by atoms with Crippen molar-refractivity contribution < 1.29 is 5.11 Å². The molecule has 0 bridgehead atoms. The number of pyridine rings is 1. The van der Waals surface area contributed by atoms with Crippen molar-refractivity contribution in [3.8, 4) is 0 Å². The van der Waals surface area contributed by atoms with Crippen LogP contribution in [0.5, 0.6) is 0 Å². The molecule has 72 valence electrons. The summed E-state index contributed by atoms with van der Waals surface area (Å²) in [7, 11) is 3.93. The number of rotatable bonds is 3. The van der Waals surface area contributed by atoms with Crippen molar-refractivity contribution in [2.24, 2.45) is 0 Å². The largest absolute Gasteiger partial charge is 0.387 e. The van der Waals surface area contributed by atoms with E-state index in [9.17, 15) is 5.11 Å². The maximum atomic E-state index is 9.48. The van der Waals surface area contributed by atoms with Crippen molar-refractivity contribution >= 4 is 5.69 Å². The zero-order valence-electron chi connectivity index (χ0n) is 8.36. The smallest absolute Gasteiger partial charge is 0.0957 e. The predicted octanol–water partition coefficient (Wildman–Crippen LogP) is 1.59. The Labute approximate surface area is 79.0 Å². The van der Waals surface area contributed by atoms with Crippen molar-refractivity contribution in [3.63, 3.8) is 0 Å². The Morgan fingerprint density at radius 1 is 1.46 bits per heavy atom. The van der Waals surface area contributed by atoms with Gasteiger partial charge < -0.3 is 10.0 Å². The molecule has 0 saturated carbocycles. The molecule has 0 spiro atoms. The Bertz CT molecular complexity index is 256. The molecule has 1 rings (SSSR count). The van der Waals surface area contributed by atoms with Gasteiger partial charge in [0.25, 0.3) is 0 Å². The van der Waals surface area contributed by atoms with Gasteiger partial charge in [-0.05, 0) is 18.6 Å². The topological polar surface area (TPSA) is 36.4 Å². The van der Waals surface area contributed by atoms with E-state index in [4.69, 9.17) is 0 Å². The predicted molar refractivity (Wildman–Crippen MR) is 53.8 cm³/mol. The van der Waals surface area contributed by atoms with Crippen molar-refractivity contribution in [2.75, 3.05) is 19.0 Å². The van der Waals surface area contributed by atoms with E-state index in [0.717, 1.165) is 11.4 Å². The fourth-order valence-electron chi connectivity index (χ4n) is 1.07. The molecule has 13 heavy (non-hydrogen) atoms. The Morgan fingerprint density at radius 3 is 2.54 bits per heavy atom. The average Bonchev–Trinajstić information content (AvgIpc) is 2.17. The maximum absolute atomic E-state index is 9.48. The van der Waals surface area contributed by atoms with E-state index < -0.39 is 6.10 Å². The molecule has 1 unspecified atom stereocenters. The molecule has 0 aliphatic heterocycles. The number of anilines is 1. The Hall–Kier alpha value is -1.09. The second kappa shape index (κ2) is 4.23. The van der Waals surface area contributed by atoms with E-state index in [-0.39, 0.29) is 0 Å². The van der Waals surface area contributed by atoms with Crippen LogP contribution in [0, 0.1) is 0 Å². The third-order valence-electron chi connectivity index (χ3n) is 2.02. The summed E-state index contributed by atoms with van der Waals surface area (Å²) in [5.74, 6) is 0. The van der Waals surface area contributed by atoms with Crippen LogP contribution < -0.4 is 4.90 Å². The Kier molecular flexibility index (Phi) is 3.25. The highest BCUT2D eigenvalue weighted by molar-refractivity contribution is 5.42. The summed E-state index contributed by atoms with van der Waals surface area (Å²) in [4.78, 5) is 6.16. The third-order valence-corrected chi connectivity index (χ3v) is 2.02. The summed E-state index contributed by atoms with van der Waals surface area (Å²) in [6, 6.07) is 3.82. The lowest BCUT2D eigenvalue weighted by molar-refractivity contribution is 0.169. The number of hydrogen-bond acceptors (Lipinski definition) is 3. The van der Waals surface area contributed by atoms with Crippen LogP contribution in [0.2, 0.25) is 0 Å². The fourth-order valence-corrected chi connectivity index (χ4v) is 1.07. The molecule has 1 atom stereocenters. The highest BCUT2D eigenvalue weighted by Crippen LogP contribution is 2.16. The van der Waals surface area contributed by atoms with Gasteiger partial charge in [0.05, 0.1) is 23.7 Å². The minimum atomic E-state index is -0.434. The van der Waals surface area contributed by atoms with Crippen LogP contribution in [0.15, 0.2) is 18.3 Å². The number of aliphatic hydroxyl groups is 1. The van der Waals surface area contributed by atoms with Crippen LogP contribution in [0.25, 0.3) is 0 Å². The molecule has 3 heteroatoms. The van der Waals surface area contributed by atoms with Crippen LogP contribution in [0.1, 0.15) is 25.1 Å². The monoisotopic (exact) mass is 180 g/mol. The van der Waals surface area contributed by atoms with E-state index in [1.54, 1.807) is 6.20 Å². The lowest BCUT2D eigenvalue weighted by atomic mass is 10.2. The SMILES string of the molecule is CCC(O)c1ccc(N(C)C)cn1. The first-order valence-corrected chi connectivity index (χ1v) is 4.46. The summed E-state index contributed by atoms with van der Waals surface area (Å²) in [5.41, 5.74) is 1.79. The molecule has 3 nitrogen and oxygen atoms in total. The molecule has 0 aliphatic carbocycles. The molecule has 1 N–H and O–H groups in total. The van der Waals surface area contributed by atoms with Gasteiger partial charge in [-0.3, -0.25) is 4.98 Å². The van der Waals surface area contributed by atoms with E-state index in [0.29, 0.717) is 6.42 Å². The molecule has 0 aromatic carbocycles. The van der Waals surface area contributed by atoms with Crippen LogP contribution in [-0.2, 0) is 0 Å². The molecule has 1 heterocycles. The van der Waals surface area contributed by atoms with E-state index >= 15 is 0 Å². The van der Waals surface area contributed by atoms with Crippen molar-refractivity contribution in [3.05, 3.63) is 24.0 Å². The molecule has 0 amide bonds. The molecule has 0 saturated heterocycles. The number of hydrogen-bond donors (Lipinski definition) is 1. The van der Waals surface area contributed by atoms with Gasteiger partial charge in [-0.15, -0.1) is 0 Å². The van der Waals surface area contributed by atoms with Crippen LogP contribution in [0.4, 0.5) is 5.69 Å². The maximum Gasteiger partial charge on any atom is 0.0957 e. The van der Waals surface area contributed by atoms with Gasteiger partial charge in [0, 0.05) is 14.1 Å². The average molecular weight is 180 g/mol. The zero-order valence-corrected chi connectivity index (χ0v) is 8.36. The molecular weight excluding hydrogens is 164 g/mol. The van der Waals surface area contributed by atoms with Crippen LogP contribution in [0.3, 0.4) is 0 Å². The Morgan fingerprint density at radius 2 is 2.15 bits per heavy atom. The second-order valence-corrected chi connectivity index (χ2v) is 3.26. The quantitative estimate of drug-likeness (QED) is 0.767. The lowest BCUT2D eigenvalue weighted by Crippen LogP contribution is -2.09. The van der Waals surface area contributed by atoms with Gasteiger partial charge in [0.15, 0.2) is 0 Å². The molecule has 0 radical (unpaired) electrons. The van der Waals surface area contributed by atoms with Gasteiger partial charge in [-0.25, -0.2) is 0 Å². The van der Waals surface area contributed by atoms with Gasteiger partial charge in [-0.1, -0.05) is 6.92 Å². The first-order valence-electron chi connectivity index (χ1n) is 4.46. The van der Waals surface area contributed by atoms with Crippen molar-refractivity contribution in [1.82, 2.24) is 4.98 Å². The number of nitrogens with zero attached hydrogens (tertiary/aromatic N) is 2. The van der Waals surface area contributed by atoms with Crippen LogP contribution in [-0.4, -0.2) is 24.2 Å². The molecule has 0 aliphatic rings. The summed E-state index contributed by atoms with van der Waals surface area (Å²) in [6.07, 6.45) is 2.04. The molecule has 1 aromatic rings.